The molecule has 10 heteroatoms. The standard InChI is InChI=1S/C16H22N6O3S/c1-10(2)21-16(23)24-7-11-3-5-13(25-11)14-6-4-12-15(18)19-9-20-26(14,8-17)22-12/h4,6,9-11,13,22H,3,5,7H2,1-2H3,(H,21,23)(H2,18,19,20)/t11-,13+/m0/s1. The Morgan fingerprint density at radius 3 is 3.12 bits per heavy atom. The Labute approximate surface area is 153 Å². The van der Waals surface area contributed by atoms with Gasteiger partial charge < -0.3 is 25.2 Å². The molecule has 1 unspecified atom stereocenters. The van der Waals surface area contributed by atoms with Crippen LogP contribution in [-0.4, -0.2) is 43.1 Å². The lowest BCUT2D eigenvalue weighted by Gasteiger charge is -2.36. The van der Waals surface area contributed by atoms with Crippen LogP contribution in [0.4, 0.5) is 4.79 Å². The van der Waals surface area contributed by atoms with E-state index in [1.807, 2.05) is 19.9 Å². The summed E-state index contributed by atoms with van der Waals surface area (Å²) in [7, 11) is -2.32. The number of nitrogens with one attached hydrogen (secondary N) is 2. The van der Waals surface area contributed by atoms with Gasteiger partial charge >= 0.3 is 6.09 Å². The number of amides is 1. The molecule has 140 valence electrons. The normalized spacial score (nSPS) is 32.2. The fraction of sp³-hybridized carbons (Fsp3) is 0.500. The first-order chi connectivity index (χ1) is 12.4. The predicted molar refractivity (Wildman–Crippen MR) is 100 cm³/mol. The Morgan fingerprint density at radius 2 is 2.38 bits per heavy atom. The largest absolute Gasteiger partial charge is 0.447 e. The first kappa shape index (κ1) is 18.3. The van der Waals surface area contributed by atoms with E-state index in [9.17, 15) is 10.1 Å². The molecule has 3 heterocycles. The van der Waals surface area contributed by atoms with Crippen LogP contribution in [0.5, 0.6) is 0 Å². The van der Waals surface area contributed by atoms with Crippen molar-refractivity contribution in [2.45, 2.75) is 44.9 Å². The number of allylic oxidation sites excluding steroid dienone is 2. The van der Waals surface area contributed by atoms with Crippen molar-refractivity contribution in [3.63, 3.8) is 0 Å². The average Bonchev–Trinajstić information content (AvgIpc) is 3.03. The molecule has 9 nitrogen and oxygen atoms in total. The number of nitrogens with two attached hydrogens (primary N) is 1. The van der Waals surface area contributed by atoms with Crippen LogP contribution >= 0.6 is 10.4 Å². The number of ether oxygens (including phenoxy) is 2. The number of hydrogen-bond donors (Lipinski definition) is 3. The lowest BCUT2D eigenvalue weighted by Crippen LogP contribution is -2.33. The predicted octanol–water partition coefficient (Wildman–Crippen LogP) is 1.55. The summed E-state index contributed by atoms with van der Waals surface area (Å²) < 4.78 is 18.7. The third-order valence-electron chi connectivity index (χ3n) is 4.05. The Morgan fingerprint density at radius 1 is 1.58 bits per heavy atom. The van der Waals surface area contributed by atoms with Crippen molar-refractivity contribution < 1.29 is 14.3 Å². The van der Waals surface area contributed by atoms with Crippen LogP contribution in [0.15, 0.2) is 32.1 Å². The Hall–Kier alpha value is -2.51. The van der Waals surface area contributed by atoms with Crippen LogP contribution in [0.25, 0.3) is 0 Å². The van der Waals surface area contributed by atoms with E-state index in [0.717, 1.165) is 17.7 Å². The molecule has 0 spiro atoms. The van der Waals surface area contributed by atoms with Gasteiger partial charge in [0, 0.05) is 21.3 Å². The first-order valence-electron chi connectivity index (χ1n) is 8.33. The fourth-order valence-corrected chi connectivity index (χ4v) is 4.84. The van der Waals surface area contributed by atoms with Gasteiger partial charge in [-0.1, -0.05) is 0 Å². The Balaban J connectivity index is 1.67. The van der Waals surface area contributed by atoms with E-state index in [1.54, 1.807) is 6.08 Å². The highest BCUT2D eigenvalue weighted by molar-refractivity contribution is 8.38. The third-order valence-corrected chi connectivity index (χ3v) is 6.33. The van der Waals surface area contributed by atoms with Crippen LogP contribution in [0.1, 0.15) is 26.7 Å². The molecule has 26 heavy (non-hydrogen) atoms. The monoisotopic (exact) mass is 378 g/mol. The van der Waals surface area contributed by atoms with Crippen LogP contribution in [-0.2, 0) is 9.47 Å². The molecule has 1 amide bonds. The number of nitriles is 1. The highest BCUT2D eigenvalue weighted by Crippen LogP contribution is 2.58. The van der Waals surface area contributed by atoms with Crippen molar-refractivity contribution in [3.05, 3.63) is 22.8 Å². The van der Waals surface area contributed by atoms with Crippen LogP contribution in [0.3, 0.4) is 0 Å². The molecule has 3 aliphatic rings. The molecular formula is C16H22N6O3S. The Bertz CT molecular complexity index is 754. The zero-order valence-corrected chi connectivity index (χ0v) is 15.5. The summed E-state index contributed by atoms with van der Waals surface area (Å²) in [6.45, 7) is 3.90. The molecule has 0 aromatic rings. The maximum absolute atomic E-state index is 11.6. The molecular weight excluding hydrogens is 356 g/mol. The fourth-order valence-electron chi connectivity index (χ4n) is 2.85. The second kappa shape index (κ2) is 7.39. The highest BCUT2D eigenvalue weighted by atomic mass is 32.3. The lowest BCUT2D eigenvalue weighted by molar-refractivity contribution is 0.0195. The summed E-state index contributed by atoms with van der Waals surface area (Å²) in [6, 6.07) is 0.0148. The lowest BCUT2D eigenvalue weighted by atomic mass is 10.2. The number of amidine groups is 1. The molecule has 0 radical (unpaired) electrons. The number of fused-ring (bicyclic) bond motifs is 2. The van der Waals surface area contributed by atoms with Crippen molar-refractivity contribution in [3.8, 4) is 5.40 Å². The number of nitrogens with zero attached hydrogens (tertiary/aromatic N) is 3. The minimum absolute atomic E-state index is 0.0148. The van der Waals surface area contributed by atoms with Gasteiger partial charge in [0.05, 0.1) is 17.9 Å². The maximum atomic E-state index is 11.6. The Kier molecular flexibility index (Phi) is 5.20. The summed E-state index contributed by atoms with van der Waals surface area (Å²) in [5, 5.41) is 14.7. The minimum atomic E-state index is -2.32. The van der Waals surface area contributed by atoms with Crippen LogP contribution in [0, 0.1) is 10.7 Å². The van der Waals surface area contributed by atoms with Crippen molar-refractivity contribution >= 4 is 28.7 Å². The highest BCUT2D eigenvalue weighted by Gasteiger charge is 2.41. The molecule has 0 aromatic heterocycles. The van der Waals surface area contributed by atoms with Crippen molar-refractivity contribution in [2.75, 3.05) is 6.61 Å². The zero-order chi connectivity index (χ0) is 18.7. The van der Waals surface area contributed by atoms with Crippen LogP contribution < -0.4 is 15.8 Å². The molecule has 2 bridgehead atoms. The van der Waals surface area contributed by atoms with Gasteiger partial charge in [0.15, 0.2) is 5.40 Å². The SMILES string of the molecule is CC(C)NC(=O)OC[C@@H]1CC[C@H](C2=CC=C3NS2(C#N)N=CN=C3N)O1. The molecule has 4 N–H and O–H groups in total. The zero-order valence-electron chi connectivity index (χ0n) is 14.6. The number of carbonyl (C=O) groups excluding carboxylic acids is 1. The van der Waals surface area contributed by atoms with E-state index < -0.39 is 16.5 Å². The van der Waals surface area contributed by atoms with E-state index in [-0.39, 0.29) is 24.9 Å². The average molecular weight is 378 g/mol. The molecule has 1 saturated heterocycles. The number of aliphatic imine (C=N–C) groups is 1. The van der Waals surface area contributed by atoms with Gasteiger partial charge in [-0.15, -0.1) is 0 Å². The minimum Gasteiger partial charge on any atom is -0.447 e. The second-order valence-corrected chi connectivity index (χ2v) is 8.61. The van der Waals surface area contributed by atoms with E-state index in [0.29, 0.717) is 11.5 Å². The van der Waals surface area contributed by atoms with E-state index in [1.165, 1.54) is 6.34 Å². The van der Waals surface area contributed by atoms with Gasteiger partial charge in [0.25, 0.3) is 0 Å². The maximum Gasteiger partial charge on any atom is 0.407 e. The van der Waals surface area contributed by atoms with Gasteiger partial charge in [0.1, 0.15) is 18.8 Å². The molecule has 1 fully saturated rings. The quantitative estimate of drug-likeness (QED) is 0.636. The van der Waals surface area contributed by atoms with E-state index in [2.05, 4.69) is 24.8 Å². The molecule has 0 aliphatic carbocycles. The summed E-state index contributed by atoms with van der Waals surface area (Å²) >= 11 is 0. The van der Waals surface area contributed by atoms with Gasteiger partial charge in [-0.25, -0.2) is 9.79 Å². The topological polar surface area (TPSA) is 134 Å². The number of hydrogen-bond acceptors (Lipinski definition) is 8. The number of alkyl carbamates (subject to hydrolysis) is 1. The van der Waals surface area contributed by atoms with Gasteiger partial charge in [0.2, 0.25) is 0 Å². The summed E-state index contributed by atoms with van der Waals surface area (Å²) in [4.78, 5) is 16.4. The molecule has 3 aliphatic heterocycles. The van der Waals surface area contributed by atoms with Gasteiger partial charge in [-0.2, -0.15) is 9.66 Å². The summed E-state index contributed by atoms with van der Waals surface area (Å²) in [5.74, 6) is 0.295. The van der Waals surface area contributed by atoms with Gasteiger partial charge in [-0.05, 0) is 38.8 Å². The molecule has 3 rings (SSSR count). The first-order valence-corrected chi connectivity index (χ1v) is 9.92. The number of carbonyl (C=O) groups is 1. The third kappa shape index (κ3) is 3.68. The number of thiocyanates is 1. The van der Waals surface area contributed by atoms with E-state index in [4.69, 9.17) is 15.2 Å². The van der Waals surface area contributed by atoms with E-state index >= 15 is 0 Å². The molecule has 0 saturated carbocycles. The summed E-state index contributed by atoms with van der Waals surface area (Å²) in [6.07, 6.45) is 5.47. The molecule has 0 aromatic carbocycles. The summed E-state index contributed by atoms with van der Waals surface area (Å²) in [5.41, 5.74) is 6.43. The van der Waals surface area contributed by atoms with Crippen molar-refractivity contribution in [1.82, 2.24) is 10.0 Å². The number of rotatable bonds is 4. The van der Waals surface area contributed by atoms with Crippen molar-refractivity contribution in [2.24, 2.45) is 15.1 Å². The van der Waals surface area contributed by atoms with Crippen LogP contribution in [0.2, 0.25) is 0 Å². The van der Waals surface area contributed by atoms with Gasteiger partial charge in [-0.3, -0.25) is 0 Å². The molecule has 3 atom stereocenters. The second-order valence-electron chi connectivity index (χ2n) is 6.38. The smallest absolute Gasteiger partial charge is 0.407 e. The van der Waals surface area contributed by atoms with Crippen molar-refractivity contribution in [1.29, 1.82) is 5.26 Å².